The molecule has 0 aliphatic heterocycles. The van der Waals surface area contributed by atoms with Crippen molar-refractivity contribution in [3.05, 3.63) is 47.9 Å². The molecule has 0 radical (unpaired) electrons. The average Bonchev–Trinajstić information content (AvgIpc) is 3.32. The molecule has 6 nitrogen and oxygen atoms in total. The van der Waals surface area contributed by atoms with E-state index in [-0.39, 0.29) is 5.91 Å². The number of anilines is 2. The molecule has 104 valence electrons. The van der Waals surface area contributed by atoms with E-state index < -0.39 is 0 Å². The topological polar surface area (TPSA) is 90.7 Å². The quantitative estimate of drug-likeness (QED) is 0.893. The van der Waals surface area contributed by atoms with Crippen LogP contribution < -0.4 is 10.6 Å². The van der Waals surface area contributed by atoms with Gasteiger partial charge in [0.1, 0.15) is 17.6 Å². The van der Waals surface area contributed by atoms with Gasteiger partial charge in [-0.1, -0.05) is 12.1 Å². The first-order valence-electron chi connectivity index (χ1n) is 6.65. The van der Waals surface area contributed by atoms with Gasteiger partial charge in [-0.3, -0.25) is 4.79 Å². The fraction of sp³-hybridized carbons (Fsp3) is 0.200. The van der Waals surface area contributed by atoms with Gasteiger partial charge in [0.05, 0.1) is 23.6 Å². The van der Waals surface area contributed by atoms with Crippen molar-refractivity contribution < 1.29 is 4.79 Å². The molecule has 1 aromatic carbocycles. The zero-order valence-electron chi connectivity index (χ0n) is 11.2. The van der Waals surface area contributed by atoms with Crippen LogP contribution in [0.1, 0.15) is 28.9 Å². The molecule has 0 spiro atoms. The lowest BCUT2D eigenvalue weighted by Gasteiger charge is -2.07. The minimum atomic E-state index is -0.200. The van der Waals surface area contributed by atoms with Gasteiger partial charge in [-0.2, -0.15) is 5.26 Å². The maximum absolute atomic E-state index is 11.8. The van der Waals surface area contributed by atoms with Gasteiger partial charge in [0.25, 0.3) is 5.91 Å². The van der Waals surface area contributed by atoms with Crippen LogP contribution in [-0.4, -0.2) is 21.9 Å². The normalized spacial score (nSPS) is 13.3. The van der Waals surface area contributed by atoms with E-state index in [0.29, 0.717) is 28.8 Å². The first-order chi connectivity index (χ1) is 10.3. The van der Waals surface area contributed by atoms with Crippen molar-refractivity contribution >= 4 is 17.4 Å². The molecule has 0 saturated heterocycles. The van der Waals surface area contributed by atoms with E-state index in [1.54, 1.807) is 18.2 Å². The van der Waals surface area contributed by atoms with Crippen LogP contribution in [0.2, 0.25) is 0 Å². The summed E-state index contributed by atoms with van der Waals surface area (Å²) in [4.78, 5) is 20.0. The van der Waals surface area contributed by atoms with Crippen LogP contribution in [0.5, 0.6) is 0 Å². The molecule has 21 heavy (non-hydrogen) atoms. The summed E-state index contributed by atoms with van der Waals surface area (Å²) in [5.74, 6) is 0.287. The largest absolute Gasteiger partial charge is 0.348 e. The highest BCUT2D eigenvalue weighted by Crippen LogP contribution is 2.20. The van der Waals surface area contributed by atoms with E-state index in [0.717, 1.165) is 12.8 Å². The zero-order valence-corrected chi connectivity index (χ0v) is 11.2. The highest BCUT2D eigenvalue weighted by atomic mass is 16.2. The molecule has 2 N–H and O–H groups in total. The number of carbonyl (C=O) groups is 1. The van der Waals surface area contributed by atoms with Crippen LogP contribution in [0.3, 0.4) is 0 Å². The standard InChI is InChI=1S/C15H13N5O/c16-7-10-3-1-2-4-12(10)20-14-9-17-13(8-18-14)15(21)19-11-5-6-11/h1-4,8-9,11H,5-6H2,(H,18,20)(H,19,21). The molecule has 2 aromatic rings. The lowest BCUT2D eigenvalue weighted by molar-refractivity contribution is 0.0945. The molecule has 0 bridgehead atoms. The Labute approximate surface area is 121 Å². The van der Waals surface area contributed by atoms with Gasteiger partial charge in [0.2, 0.25) is 0 Å². The monoisotopic (exact) mass is 279 g/mol. The minimum absolute atomic E-state index is 0.200. The molecule has 1 fully saturated rings. The van der Waals surface area contributed by atoms with Crippen LogP contribution in [-0.2, 0) is 0 Å². The van der Waals surface area contributed by atoms with Crippen LogP contribution in [0.25, 0.3) is 0 Å². The number of nitrogens with one attached hydrogen (secondary N) is 2. The van der Waals surface area contributed by atoms with Crippen molar-refractivity contribution in [2.45, 2.75) is 18.9 Å². The van der Waals surface area contributed by atoms with Crippen LogP contribution in [0.4, 0.5) is 11.5 Å². The SMILES string of the molecule is N#Cc1ccccc1Nc1cnc(C(=O)NC2CC2)cn1. The van der Waals surface area contributed by atoms with E-state index >= 15 is 0 Å². The predicted molar refractivity (Wildman–Crippen MR) is 77.0 cm³/mol. The molecule has 3 rings (SSSR count). The summed E-state index contributed by atoms with van der Waals surface area (Å²) in [5.41, 5.74) is 1.47. The van der Waals surface area contributed by atoms with E-state index in [9.17, 15) is 4.79 Å². The number of benzene rings is 1. The summed E-state index contributed by atoms with van der Waals surface area (Å²) in [5, 5.41) is 14.9. The molecule has 6 heteroatoms. The highest BCUT2D eigenvalue weighted by molar-refractivity contribution is 5.92. The van der Waals surface area contributed by atoms with Crippen molar-refractivity contribution in [2.24, 2.45) is 0 Å². The Morgan fingerprint density at radius 1 is 1.24 bits per heavy atom. The Morgan fingerprint density at radius 3 is 2.71 bits per heavy atom. The van der Waals surface area contributed by atoms with Crippen molar-refractivity contribution in [1.82, 2.24) is 15.3 Å². The smallest absolute Gasteiger partial charge is 0.271 e. The molecule has 1 aliphatic rings. The molecular formula is C15H13N5O. The predicted octanol–water partition coefficient (Wildman–Crippen LogP) is 1.98. The van der Waals surface area contributed by atoms with E-state index in [4.69, 9.17) is 5.26 Å². The summed E-state index contributed by atoms with van der Waals surface area (Å²) >= 11 is 0. The Hall–Kier alpha value is -2.94. The summed E-state index contributed by atoms with van der Waals surface area (Å²) in [6, 6.07) is 9.51. The number of hydrogen-bond acceptors (Lipinski definition) is 5. The molecule has 0 atom stereocenters. The molecule has 1 heterocycles. The molecule has 1 aromatic heterocycles. The van der Waals surface area contributed by atoms with Crippen LogP contribution in [0.15, 0.2) is 36.7 Å². The minimum Gasteiger partial charge on any atom is -0.348 e. The fourth-order valence-corrected chi connectivity index (χ4v) is 1.82. The van der Waals surface area contributed by atoms with Crippen molar-refractivity contribution in [2.75, 3.05) is 5.32 Å². The number of hydrogen-bond donors (Lipinski definition) is 2. The van der Waals surface area contributed by atoms with E-state index in [1.165, 1.54) is 12.4 Å². The molecular weight excluding hydrogens is 266 g/mol. The Bertz CT molecular complexity index is 701. The van der Waals surface area contributed by atoms with Gasteiger partial charge in [0, 0.05) is 6.04 Å². The fourth-order valence-electron chi connectivity index (χ4n) is 1.82. The Kier molecular flexibility index (Phi) is 3.48. The number of rotatable bonds is 4. The maximum Gasteiger partial charge on any atom is 0.271 e. The average molecular weight is 279 g/mol. The van der Waals surface area contributed by atoms with Gasteiger partial charge in [-0.25, -0.2) is 9.97 Å². The molecule has 1 aliphatic carbocycles. The second-order valence-corrected chi connectivity index (χ2v) is 4.82. The third kappa shape index (κ3) is 3.15. The summed E-state index contributed by atoms with van der Waals surface area (Å²) < 4.78 is 0. The number of carbonyl (C=O) groups excluding carboxylic acids is 1. The second-order valence-electron chi connectivity index (χ2n) is 4.82. The third-order valence-corrected chi connectivity index (χ3v) is 3.11. The maximum atomic E-state index is 11.8. The van der Waals surface area contributed by atoms with Gasteiger partial charge >= 0.3 is 0 Å². The number of nitriles is 1. The van der Waals surface area contributed by atoms with Crippen LogP contribution >= 0.6 is 0 Å². The van der Waals surface area contributed by atoms with Gasteiger partial charge < -0.3 is 10.6 Å². The third-order valence-electron chi connectivity index (χ3n) is 3.11. The van der Waals surface area contributed by atoms with Crippen molar-refractivity contribution in [3.63, 3.8) is 0 Å². The molecule has 0 unspecified atom stereocenters. The summed E-state index contributed by atoms with van der Waals surface area (Å²) in [6.45, 7) is 0. The molecule has 1 amide bonds. The van der Waals surface area contributed by atoms with Gasteiger partial charge in [0.15, 0.2) is 0 Å². The lowest BCUT2D eigenvalue weighted by Crippen LogP contribution is -2.26. The Morgan fingerprint density at radius 2 is 2.05 bits per heavy atom. The highest BCUT2D eigenvalue weighted by Gasteiger charge is 2.24. The second kappa shape index (κ2) is 5.59. The first-order valence-corrected chi connectivity index (χ1v) is 6.65. The zero-order chi connectivity index (χ0) is 14.7. The summed E-state index contributed by atoms with van der Waals surface area (Å²) in [7, 11) is 0. The van der Waals surface area contributed by atoms with Crippen LogP contribution in [0, 0.1) is 11.3 Å². The molecule has 1 saturated carbocycles. The lowest BCUT2D eigenvalue weighted by atomic mass is 10.2. The van der Waals surface area contributed by atoms with Crippen molar-refractivity contribution in [3.8, 4) is 6.07 Å². The first kappa shape index (κ1) is 13.1. The van der Waals surface area contributed by atoms with Gasteiger partial charge in [-0.15, -0.1) is 0 Å². The number of para-hydroxylation sites is 1. The van der Waals surface area contributed by atoms with E-state index in [2.05, 4.69) is 26.7 Å². The van der Waals surface area contributed by atoms with Gasteiger partial charge in [-0.05, 0) is 25.0 Å². The number of aromatic nitrogens is 2. The Balaban J connectivity index is 1.72. The van der Waals surface area contributed by atoms with E-state index in [1.807, 2.05) is 6.07 Å². The summed E-state index contributed by atoms with van der Waals surface area (Å²) in [6.07, 6.45) is 4.97. The van der Waals surface area contributed by atoms with Crippen molar-refractivity contribution in [1.29, 1.82) is 5.26 Å². The number of amides is 1. The number of nitrogens with zero attached hydrogens (tertiary/aromatic N) is 3.